The zero-order valence-corrected chi connectivity index (χ0v) is 12.0. The third kappa shape index (κ3) is 3.55. The molecule has 0 saturated carbocycles. The molecule has 0 bridgehead atoms. The summed E-state index contributed by atoms with van der Waals surface area (Å²) in [4.78, 5) is 0.755. The lowest BCUT2D eigenvalue weighted by molar-refractivity contribution is 0.409. The molecule has 0 heterocycles. The first kappa shape index (κ1) is 13.6. The molecule has 1 N–H and O–H groups in total. The predicted octanol–water partition coefficient (Wildman–Crippen LogP) is 3.47. The Kier molecular flexibility index (Phi) is 4.53. The molecule has 0 atom stereocenters. The Labute approximate surface area is 119 Å². The van der Waals surface area contributed by atoms with Crippen molar-refractivity contribution in [2.75, 3.05) is 7.11 Å². The van der Waals surface area contributed by atoms with E-state index in [1.165, 1.54) is 5.56 Å². The van der Waals surface area contributed by atoms with Gasteiger partial charge in [0.1, 0.15) is 10.7 Å². The van der Waals surface area contributed by atoms with Crippen molar-refractivity contribution in [2.45, 2.75) is 13.5 Å². The number of aryl methyl sites for hydroxylation is 1. The molecule has 0 spiro atoms. The van der Waals surface area contributed by atoms with Gasteiger partial charge in [-0.3, -0.25) is 0 Å². The van der Waals surface area contributed by atoms with Crippen molar-refractivity contribution >= 4 is 17.2 Å². The van der Waals surface area contributed by atoms with Gasteiger partial charge in [-0.15, -0.1) is 0 Å². The highest BCUT2D eigenvalue weighted by atomic mass is 32.1. The van der Waals surface area contributed by atoms with Gasteiger partial charge in [0.05, 0.1) is 7.11 Å². The Bertz CT molecular complexity index is 563. The molecular weight excluding hydrogens is 254 g/mol. The number of ether oxygens (including phenoxy) is 1. The van der Waals surface area contributed by atoms with Crippen molar-refractivity contribution in [3.05, 3.63) is 65.2 Å². The molecule has 0 aromatic heterocycles. The standard InChI is InChI=1S/C16H17NOS/c1-12-7-9-13(10-8-12)16(19)17-11-14-5-3-4-6-15(14)18-2/h3-10H,11H2,1-2H3,(H,17,19). The number of hydrogen-bond acceptors (Lipinski definition) is 2. The van der Waals surface area contributed by atoms with Gasteiger partial charge in [0, 0.05) is 17.7 Å². The number of nitrogens with one attached hydrogen (secondary N) is 1. The van der Waals surface area contributed by atoms with Gasteiger partial charge in [0.2, 0.25) is 0 Å². The Balaban J connectivity index is 2.02. The van der Waals surface area contributed by atoms with Crippen LogP contribution in [-0.2, 0) is 6.54 Å². The molecule has 2 nitrogen and oxygen atoms in total. The predicted molar refractivity (Wildman–Crippen MR) is 82.7 cm³/mol. The van der Waals surface area contributed by atoms with E-state index in [4.69, 9.17) is 17.0 Å². The first-order valence-electron chi connectivity index (χ1n) is 6.17. The van der Waals surface area contributed by atoms with E-state index >= 15 is 0 Å². The molecule has 0 aliphatic rings. The first-order chi connectivity index (χ1) is 9.20. The van der Waals surface area contributed by atoms with E-state index in [1.807, 2.05) is 36.4 Å². The van der Waals surface area contributed by atoms with Gasteiger partial charge in [-0.05, 0) is 13.0 Å². The molecule has 0 radical (unpaired) electrons. The van der Waals surface area contributed by atoms with Crippen LogP contribution >= 0.6 is 12.2 Å². The lowest BCUT2D eigenvalue weighted by Gasteiger charge is -2.11. The molecular formula is C16H17NOS. The Morgan fingerprint density at radius 1 is 1.11 bits per heavy atom. The molecule has 0 fully saturated rings. The van der Waals surface area contributed by atoms with E-state index in [-0.39, 0.29) is 0 Å². The van der Waals surface area contributed by atoms with E-state index in [2.05, 4.69) is 24.4 Å². The average Bonchev–Trinajstić information content (AvgIpc) is 2.45. The molecule has 2 aromatic rings. The fourth-order valence-electron chi connectivity index (χ4n) is 1.83. The molecule has 2 aromatic carbocycles. The first-order valence-corrected chi connectivity index (χ1v) is 6.58. The molecule has 0 aliphatic carbocycles. The lowest BCUT2D eigenvalue weighted by atomic mass is 10.1. The van der Waals surface area contributed by atoms with Crippen LogP contribution in [0.4, 0.5) is 0 Å². The van der Waals surface area contributed by atoms with Crippen molar-refractivity contribution in [3.8, 4) is 5.75 Å². The van der Waals surface area contributed by atoms with Crippen LogP contribution in [0.2, 0.25) is 0 Å². The SMILES string of the molecule is COc1ccccc1CNC(=S)c1ccc(C)cc1. The Hall–Kier alpha value is -1.87. The summed E-state index contributed by atoms with van der Waals surface area (Å²) in [5.41, 5.74) is 3.37. The number of benzene rings is 2. The third-order valence-electron chi connectivity index (χ3n) is 2.95. The largest absolute Gasteiger partial charge is 0.496 e. The minimum atomic E-state index is 0.663. The van der Waals surface area contributed by atoms with Gasteiger partial charge in [0.15, 0.2) is 0 Å². The summed E-state index contributed by atoms with van der Waals surface area (Å²) < 4.78 is 5.32. The second kappa shape index (κ2) is 6.34. The smallest absolute Gasteiger partial charge is 0.123 e. The summed E-state index contributed by atoms with van der Waals surface area (Å²) in [5.74, 6) is 0.877. The van der Waals surface area contributed by atoms with Gasteiger partial charge in [-0.2, -0.15) is 0 Å². The second-order valence-corrected chi connectivity index (χ2v) is 4.77. The monoisotopic (exact) mass is 271 g/mol. The van der Waals surface area contributed by atoms with Crippen LogP contribution < -0.4 is 10.1 Å². The van der Waals surface area contributed by atoms with Gasteiger partial charge >= 0.3 is 0 Å². The van der Waals surface area contributed by atoms with E-state index in [0.29, 0.717) is 6.54 Å². The van der Waals surface area contributed by atoms with Crippen LogP contribution in [0.5, 0.6) is 5.75 Å². The number of methoxy groups -OCH3 is 1. The zero-order chi connectivity index (χ0) is 13.7. The molecule has 98 valence electrons. The minimum absolute atomic E-state index is 0.663. The average molecular weight is 271 g/mol. The van der Waals surface area contributed by atoms with Crippen molar-refractivity contribution in [3.63, 3.8) is 0 Å². The number of hydrogen-bond donors (Lipinski definition) is 1. The molecule has 0 unspecified atom stereocenters. The normalized spacial score (nSPS) is 10.0. The number of para-hydroxylation sites is 1. The fraction of sp³-hybridized carbons (Fsp3) is 0.188. The number of rotatable bonds is 4. The van der Waals surface area contributed by atoms with Crippen LogP contribution in [-0.4, -0.2) is 12.1 Å². The highest BCUT2D eigenvalue weighted by molar-refractivity contribution is 7.80. The highest BCUT2D eigenvalue weighted by Gasteiger charge is 2.04. The Morgan fingerprint density at radius 3 is 2.47 bits per heavy atom. The topological polar surface area (TPSA) is 21.3 Å². The Morgan fingerprint density at radius 2 is 1.79 bits per heavy atom. The number of thiocarbonyl (C=S) groups is 1. The summed E-state index contributed by atoms with van der Waals surface area (Å²) >= 11 is 5.39. The molecule has 19 heavy (non-hydrogen) atoms. The van der Waals surface area contributed by atoms with Gasteiger partial charge in [0.25, 0.3) is 0 Å². The van der Waals surface area contributed by atoms with Gasteiger partial charge in [-0.1, -0.05) is 60.2 Å². The molecule has 0 saturated heterocycles. The van der Waals surface area contributed by atoms with Crippen molar-refractivity contribution in [1.82, 2.24) is 5.32 Å². The maximum Gasteiger partial charge on any atom is 0.123 e. The van der Waals surface area contributed by atoms with Crippen LogP contribution in [0.3, 0.4) is 0 Å². The van der Waals surface area contributed by atoms with Crippen LogP contribution in [0.1, 0.15) is 16.7 Å². The third-order valence-corrected chi connectivity index (χ3v) is 3.33. The minimum Gasteiger partial charge on any atom is -0.496 e. The quantitative estimate of drug-likeness (QED) is 0.860. The zero-order valence-electron chi connectivity index (χ0n) is 11.1. The molecule has 0 amide bonds. The van der Waals surface area contributed by atoms with Crippen molar-refractivity contribution in [1.29, 1.82) is 0 Å². The maximum atomic E-state index is 5.39. The highest BCUT2D eigenvalue weighted by Crippen LogP contribution is 2.17. The second-order valence-electron chi connectivity index (χ2n) is 4.36. The van der Waals surface area contributed by atoms with E-state index in [9.17, 15) is 0 Å². The summed E-state index contributed by atoms with van der Waals surface area (Å²) in [6, 6.07) is 16.1. The molecule has 3 heteroatoms. The van der Waals surface area contributed by atoms with Crippen molar-refractivity contribution < 1.29 is 4.74 Å². The van der Waals surface area contributed by atoms with Gasteiger partial charge in [-0.25, -0.2) is 0 Å². The summed E-state index contributed by atoms with van der Waals surface area (Å²) in [6.07, 6.45) is 0. The van der Waals surface area contributed by atoms with Crippen LogP contribution in [0, 0.1) is 6.92 Å². The van der Waals surface area contributed by atoms with Crippen LogP contribution in [0.25, 0.3) is 0 Å². The lowest BCUT2D eigenvalue weighted by Crippen LogP contribution is -2.21. The van der Waals surface area contributed by atoms with E-state index < -0.39 is 0 Å². The van der Waals surface area contributed by atoms with E-state index in [0.717, 1.165) is 21.9 Å². The molecule has 0 aliphatic heterocycles. The van der Waals surface area contributed by atoms with Crippen LogP contribution in [0.15, 0.2) is 48.5 Å². The summed E-state index contributed by atoms with van der Waals surface area (Å²) in [7, 11) is 1.68. The van der Waals surface area contributed by atoms with E-state index in [1.54, 1.807) is 7.11 Å². The fourth-order valence-corrected chi connectivity index (χ4v) is 2.04. The van der Waals surface area contributed by atoms with Crippen molar-refractivity contribution in [2.24, 2.45) is 0 Å². The molecule has 2 rings (SSSR count). The maximum absolute atomic E-state index is 5.39. The summed E-state index contributed by atoms with van der Waals surface area (Å²) in [6.45, 7) is 2.73. The van der Waals surface area contributed by atoms with Gasteiger partial charge < -0.3 is 10.1 Å². The summed E-state index contributed by atoms with van der Waals surface area (Å²) in [5, 5.41) is 3.26.